The molecular formula is C20H21N3O2S. The van der Waals surface area contributed by atoms with E-state index in [2.05, 4.69) is 9.88 Å². The van der Waals surface area contributed by atoms with Crippen LogP contribution >= 0.6 is 11.3 Å². The number of nitrogens with zero attached hydrogens (tertiary/aromatic N) is 2. The number of thiophene rings is 1. The standard InChI is InChI=1S/C20H21N3O2S/c24-17-7-2-1-5-15(17)13-23-9-3-6-14(12-23)16-11-19(25)22-20(21-16)18-8-4-10-26-18/h1-2,4-5,7-8,10-11,14,24H,3,6,9,12-13H2,(H,21,22,25)/t14-/m0/s1. The Bertz CT molecular complexity index is 936. The summed E-state index contributed by atoms with van der Waals surface area (Å²) >= 11 is 1.57. The molecule has 2 N–H and O–H groups in total. The van der Waals surface area contributed by atoms with Crippen LogP contribution in [0.15, 0.2) is 52.6 Å². The van der Waals surface area contributed by atoms with Gasteiger partial charge in [0.25, 0.3) is 5.56 Å². The third-order valence-corrected chi connectivity index (χ3v) is 5.70. The van der Waals surface area contributed by atoms with Crippen LogP contribution in [0.5, 0.6) is 5.75 Å². The van der Waals surface area contributed by atoms with Crippen LogP contribution in [-0.4, -0.2) is 33.1 Å². The van der Waals surface area contributed by atoms with E-state index in [1.165, 1.54) is 0 Å². The van der Waals surface area contributed by atoms with Crippen LogP contribution in [0.1, 0.15) is 30.0 Å². The lowest BCUT2D eigenvalue weighted by molar-refractivity contribution is 0.196. The molecule has 134 valence electrons. The van der Waals surface area contributed by atoms with Gasteiger partial charge in [0.1, 0.15) is 11.6 Å². The fraction of sp³-hybridized carbons (Fsp3) is 0.300. The minimum Gasteiger partial charge on any atom is -0.508 e. The van der Waals surface area contributed by atoms with Crippen LogP contribution in [0.2, 0.25) is 0 Å². The Kier molecular flexibility index (Phi) is 4.86. The molecule has 3 heterocycles. The lowest BCUT2D eigenvalue weighted by Gasteiger charge is -2.32. The average molecular weight is 367 g/mol. The number of aromatic amines is 1. The lowest BCUT2D eigenvalue weighted by atomic mass is 9.94. The van der Waals surface area contributed by atoms with E-state index < -0.39 is 0 Å². The van der Waals surface area contributed by atoms with E-state index in [0.717, 1.165) is 42.1 Å². The number of phenols is 1. The van der Waals surface area contributed by atoms with Gasteiger partial charge in [0.05, 0.1) is 10.6 Å². The number of nitrogens with one attached hydrogen (secondary N) is 1. The van der Waals surface area contributed by atoms with Crippen molar-refractivity contribution in [3.8, 4) is 16.5 Å². The number of benzene rings is 1. The average Bonchev–Trinajstić information content (AvgIpc) is 3.18. The molecule has 0 saturated carbocycles. The van der Waals surface area contributed by atoms with Crippen LogP contribution in [0, 0.1) is 0 Å². The molecule has 6 heteroatoms. The molecule has 0 radical (unpaired) electrons. The van der Waals surface area contributed by atoms with Gasteiger partial charge in [-0.1, -0.05) is 24.3 Å². The van der Waals surface area contributed by atoms with Crippen molar-refractivity contribution in [3.63, 3.8) is 0 Å². The molecule has 0 spiro atoms. The first kappa shape index (κ1) is 17.0. The van der Waals surface area contributed by atoms with Gasteiger partial charge in [-0.15, -0.1) is 11.3 Å². The van der Waals surface area contributed by atoms with Crippen molar-refractivity contribution in [2.24, 2.45) is 0 Å². The van der Waals surface area contributed by atoms with E-state index in [1.54, 1.807) is 23.5 Å². The molecule has 0 bridgehead atoms. The van der Waals surface area contributed by atoms with Crippen molar-refractivity contribution < 1.29 is 5.11 Å². The van der Waals surface area contributed by atoms with Crippen LogP contribution in [0.4, 0.5) is 0 Å². The van der Waals surface area contributed by atoms with Crippen molar-refractivity contribution in [1.29, 1.82) is 0 Å². The number of piperidine rings is 1. The molecular weight excluding hydrogens is 346 g/mol. The molecule has 1 fully saturated rings. The highest BCUT2D eigenvalue weighted by molar-refractivity contribution is 7.13. The molecule has 3 aromatic rings. The van der Waals surface area contributed by atoms with Crippen molar-refractivity contribution >= 4 is 11.3 Å². The summed E-state index contributed by atoms with van der Waals surface area (Å²) in [6.45, 7) is 2.55. The van der Waals surface area contributed by atoms with Crippen molar-refractivity contribution in [2.45, 2.75) is 25.3 Å². The van der Waals surface area contributed by atoms with Crippen molar-refractivity contribution in [1.82, 2.24) is 14.9 Å². The third kappa shape index (κ3) is 3.71. The van der Waals surface area contributed by atoms with Gasteiger partial charge in [-0.3, -0.25) is 9.69 Å². The van der Waals surface area contributed by atoms with Gasteiger partial charge in [0.2, 0.25) is 0 Å². The molecule has 5 nitrogen and oxygen atoms in total. The summed E-state index contributed by atoms with van der Waals surface area (Å²) in [5.74, 6) is 1.22. The number of H-pyrrole nitrogens is 1. The molecule has 0 amide bonds. The number of aromatic nitrogens is 2. The maximum absolute atomic E-state index is 12.1. The Hall–Kier alpha value is -2.44. The summed E-state index contributed by atoms with van der Waals surface area (Å²) < 4.78 is 0. The molecule has 2 aromatic heterocycles. The SMILES string of the molecule is O=c1cc([C@H]2CCCN(Cc3ccccc3O)C2)nc(-c2cccs2)[nH]1. The van der Waals surface area contributed by atoms with Gasteiger partial charge < -0.3 is 10.1 Å². The van der Waals surface area contributed by atoms with Crippen molar-refractivity contribution in [2.75, 3.05) is 13.1 Å². The molecule has 1 aromatic carbocycles. The highest BCUT2D eigenvalue weighted by Crippen LogP contribution is 2.29. The zero-order chi connectivity index (χ0) is 17.9. The van der Waals surface area contributed by atoms with Gasteiger partial charge in [-0.2, -0.15) is 0 Å². The third-order valence-electron chi connectivity index (χ3n) is 4.83. The summed E-state index contributed by atoms with van der Waals surface area (Å²) in [5, 5.41) is 12.0. The molecule has 26 heavy (non-hydrogen) atoms. The van der Waals surface area contributed by atoms with Crippen molar-refractivity contribution in [3.05, 3.63) is 69.5 Å². The number of rotatable bonds is 4. The minimum absolute atomic E-state index is 0.101. The van der Waals surface area contributed by atoms with Crippen LogP contribution in [0.25, 0.3) is 10.7 Å². The monoisotopic (exact) mass is 367 g/mol. The summed E-state index contributed by atoms with van der Waals surface area (Å²) in [6, 6.07) is 13.0. The van der Waals surface area contributed by atoms with Gasteiger partial charge >= 0.3 is 0 Å². The van der Waals surface area contributed by atoms with Gasteiger partial charge in [-0.25, -0.2) is 4.98 Å². The number of hydrogen-bond donors (Lipinski definition) is 2. The number of aromatic hydroxyl groups is 1. The van der Waals surface area contributed by atoms with Gasteiger partial charge in [0.15, 0.2) is 0 Å². The molecule has 1 aliphatic rings. The topological polar surface area (TPSA) is 69.2 Å². The highest BCUT2D eigenvalue weighted by Gasteiger charge is 2.24. The van der Waals surface area contributed by atoms with E-state index in [1.807, 2.05) is 35.7 Å². The van der Waals surface area contributed by atoms with Gasteiger partial charge in [0, 0.05) is 30.6 Å². The van der Waals surface area contributed by atoms with Gasteiger partial charge in [-0.05, 0) is 36.9 Å². The molecule has 1 aliphatic heterocycles. The fourth-order valence-corrected chi connectivity index (χ4v) is 4.21. The summed E-state index contributed by atoms with van der Waals surface area (Å²) in [7, 11) is 0. The second-order valence-electron chi connectivity index (χ2n) is 6.70. The number of para-hydroxylation sites is 1. The minimum atomic E-state index is -0.101. The predicted octanol–water partition coefficient (Wildman–Crippen LogP) is 3.58. The number of likely N-dealkylation sites (tertiary alicyclic amines) is 1. The normalized spacial score (nSPS) is 18.1. The summed E-state index contributed by atoms with van der Waals surface area (Å²) in [6.07, 6.45) is 2.08. The zero-order valence-corrected chi connectivity index (χ0v) is 15.2. The predicted molar refractivity (Wildman–Crippen MR) is 104 cm³/mol. The molecule has 4 rings (SSSR count). The Morgan fingerprint density at radius 1 is 1.27 bits per heavy atom. The molecule has 0 unspecified atom stereocenters. The Morgan fingerprint density at radius 3 is 2.96 bits per heavy atom. The van der Waals surface area contributed by atoms with Crippen LogP contribution < -0.4 is 5.56 Å². The number of hydrogen-bond acceptors (Lipinski definition) is 5. The fourth-order valence-electron chi connectivity index (χ4n) is 3.54. The number of phenolic OH excluding ortho intramolecular Hbond substituents is 1. The van der Waals surface area contributed by atoms with E-state index in [0.29, 0.717) is 18.1 Å². The first-order valence-corrected chi connectivity index (χ1v) is 9.71. The summed E-state index contributed by atoms with van der Waals surface area (Å²) in [4.78, 5) is 23.0. The maximum atomic E-state index is 12.1. The van der Waals surface area contributed by atoms with E-state index in [-0.39, 0.29) is 11.5 Å². The molecule has 1 saturated heterocycles. The Balaban J connectivity index is 1.55. The quantitative estimate of drug-likeness (QED) is 0.739. The first-order chi connectivity index (χ1) is 12.7. The maximum Gasteiger partial charge on any atom is 0.251 e. The second kappa shape index (κ2) is 7.43. The first-order valence-electron chi connectivity index (χ1n) is 8.83. The van der Waals surface area contributed by atoms with Crippen LogP contribution in [-0.2, 0) is 6.54 Å². The van der Waals surface area contributed by atoms with E-state index in [9.17, 15) is 9.90 Å². The molecule has 1 atom stereocenters. The second-order valence-corrected chi connectivity index (χ2v) is 7.65. The lowest BCUT2D eigenvalue weighted by Crippen LogP contribution is -2.34. The summed E-state index contributed by atoms with van der Waals surface area (Å²) in [5.41, 5.74) is 1.70. The van der Waals surface area contributed by atoms with Crippen LogP contribution in [0.3, 0.4) is 0 Å². The largest absolute Gasteiger partial charge is 0.508 e. The Morgan fingerprint density at radius 2 is 2.15 bits per heavy atom. The van der Waals surface area contributed by atoms with E-state index in [4.69, 9.17) is 4.98 Å². The smallest absolute Gasteiger partial charge is 0.251 e. The Labute approximate surface area is 156 Å². The highest BCUT2D eigenvalue weighted by atomic mass is 32.1. The molecule has 0 aliphatic carbocycles. The zero-order valence-electron chi connectivity index (χ0n) is 14.4. The van der Waals surface area contributed by atoms with E-state index >= 15 is 0 Å².